The van der Waals surface area contributed by atoms with Crippen molar-refractivity contribution in [2.24, 2.45) is 17.8 Å². The van der Waals surface area contributed by atoms with Gasteiger partial charge in [0.1, 0.15) is 0 Å². The summed E-state index contributed by atoms with van der Waals surface area (Å²) in [4.78, 5) is 0. The zero-order valence-electron chi connectivity index (χ0n) is 19.0. The van der Waals surface area contributed by atoms with Gasteiger partial charge in [-0.05, 0) is 92.7 Å². The molecule has 0 heterocycles. The van der Waals surface area contributed by atoms with Crippen LogP contribution in [0.15, 0.2) is 48.6 Å². The smallest absolute Gasteiger partial charge is 0.193 e. The molecule has 0 amide bonds. The Morgan fingerprint density at radius 2 is 1.38 bits per heavy atom. The predicted octanol–water partition coefficient (Wildman–Crippen LogP) is 8.98. The zero-order chi connectivity index (χ0) is 22.8. The molecule has 0 unspecified atom stereocenters. The lowest BCUT2D eigenvalue weighted by molar-refractivity contribution is -0.137. The van der Waals surface area contributed by atoms with E-state index in [0.717, 1.165) is 30.2 Å². The monoisotopic (exact) mass is 443 g/mol. The molecule has 2 aliphatic rings. The molecule has 0 saturated heterocycles. The van der Waals surface area contributed by atoms with Gasteiger partial charge in [-0.15, -0.1) is 0 Å². The highest BCUT2D eigenvalue weighted by atomic mass is 19.4. The van der Waals surface area contributed by atoms with Crippen LogP contribution < -0.4 is 0 Å². The van der Waals surface area contributed by atoms with Crippen molar-refractivity contribution in [3.63, 3.8) is 0 Å². The van der Waals surface area contributed by atoms with Crippen molar-refractivity contribution in [2.45, 2.75) is 89.1 Å². The highest BCUT2D eigenvalue weighted by molar-refractivity contribution is 5.27. The van der Waals surface area contributed by atoms with E-state index in [4.69, 9.17) is 5.26 Å². The van der Waals surface area contributed by atoms with Gasteiger partial charge in [0, 0.05) is 6.08 Å². The average Bonchev–Trinajstić information content (AvgIpc) is 2.80. The molecule has 3 rings (SSSR count). The van der Waals surface area contributed by atoms with Gasteiger partial charge in [-0.2, -0.15) is 18.4 Å². The molecule has 32 heavy (non-hydrogen) atoms. The first-order valence-electron chi connectivity index (χ1n) is 12.4. The van der Waals surface area contributed by atoms with Gasteiger partial charge in [-0.1, -0.05) is 56.0 Å². The maximum Gasteiger partial charge on any atom is 0.416 e. The number of hydrogen-bond acceptors (Lipinski definition) is 1. The van der Waals surface area contributed by atoms with Gasteiger partial charge >= 0.3 is 6.18 Å². The average molecular weight is 444 g/mol. The van der Waals surface area contributed by atoms with E-state index in [1.165, 1.54) is 82.4 Å². The van der Waals surface area contributed by atoms with Crippen molar-refractivity contribution in [2.75, 3.05) is 0 Å². The Bertz CT molecular complexity index is 768. The molecule has 0 spiro atoms. The van der Waals surface area contributed by atoms with Crippen LogP contribution in [0.2, 0.25) is 0 Å². The van der Waals surface area contributed by atoms with E-state index < -0.39 is 11.7 Å². The fourth-order valence-corrected chi connectivity index (χ4v) is 5.58. The summed E-state index contributed by atoms with van der Waals surface area (Å²) in [7, 11) is 0. The minimum absolute atomic E-state index is 0.424. The van der Waals surface area contributed by atoms with E-state index in [0.29, 0.717) is 11.8 Å². The number of allylic oxidation sites excluding steroid dienone is 4. The van der Waals surface area contributed by atoms with Crippen molar-refractivity contribution in [3.8, 4) is 6.07 Å². The van der Waals surface area contributed by atoms with E-state index in [-0.39, 0.29) is 0 Å². The molecular weight excluding hydrogens is 407 g/mol. The van der Waals surface area contributed by atoms with Crippen molar-refractivity contribution in [1.29, 1.82) is 5.26 Å². The van der Waals surface area contributed by atoms with E-state index in [1.54, 1.807) is 12.1 Å². The van der Waals surface area contributed by atoms with Gasteiger partial charge in [-0.3, -0.25) is 0 Å². The Balaban J connectivity index is 1.27. The zero-order valence-corrected chi connectivity index (χ0v) is 19.0. The van der Waals surface area contributed by atoms with Gasteiger partial charge in [-0.25, -0.2) is 0 Å². The summed E-state index contributed by atoms with van der Waals surface area (Å²) < 4.78 is 38.3. The molecule has 1 aromatic rings. The van der Waals surface area contributed by atoms with Crippen molar-refractivity contribution < 1.29 is 13.2 Å². The van der Waals surface area contributed by atoms with Crippen LogP contribution in [-0.2, 0) is 6.18 Å². The lowest BCUT2D eigenvalue weighted by atomic mass is 9.76. The van der Waals surface area contributed by atoms with Gasteiger partial charge in [0.15, 0.2) is 0 Å². The lowest BCUT2D eigenvalue weighted by Crippen LogP contribution is -2.15. The molecule has 0 aliphatic heterocycles. The molecular formula is C28H36F3N. The first-order chi connectivity index (χ1) is 15.5. The van der Waals surface area contributed by atoms with Crippen molar-refractivity contribution in [1.82, 2.24) is 0 Å². The summed E-state index contributed by atoms with van der Waals surface area (Å²) in [6.45, 7) is 0. The molecule has 0 aromatic heterocycles. The maximum absolute atomic E-state index is 12.8. The third kappa shape index (κ3) is 7.84. The predicted molar refractivity (Wildman–Crippen MR) is 124 cm³/mol. The summed E-state index contributed by atoms with van der Waals surface area (Å²) >= 11 is 0. The molecule has 0 N–H and O–H groups in total. The van der Waals surface area contributed by atoms with Crippen LogP contribution in [0.1, 0.15) is 94.1 Å². The molecule has 1 nitrogen and oxygen atoms in total. The largest absolute Gasteiger partial charge is 0.416 e. The van der Waals surface area contributed by atoms with Crippen LogP contribution >= 0.6 is 0 Å². The van der Waals surface area contributed by atoms with E-state index >= 15 is 0 Å². The highest BCUT2D eigenvalue weighted by Crippen LogP contribution is 2.39. The standard InChI is InChI=1S/C28H36F3N/c29-28(30,31)27-19-17-26(18-20-27)25-15-13-24(14-16-25)8-4-3-7-23-11-9-22(10-12-23)6-2-1-5-21-32/h1-2,5-6,17-20,22-25H,3-4,7-16H2/b5-1+,6-2+. The van der Waals surface area contributed by atoms with Crippen LogP contribution in [0, 0.1) is 29.1 Å². The fourth-order valence-electron chi connectivity index (χ4n) is 5.58. The first kappa shape index (κ1) is 24.6. The Labute approximate surface area is 191 Å². The third-order valence-electron chi connectivity index (χ3n) is 7.59. The Morgan fingerprint density at radius 1 is 0.812 bits per heavy atom. The maximum atomic E-state index is 12.8. The number of hydrogen-bond donors (Lipinski definition) is 0. The summed E-state index contributed by atoms with van der Waals surface area (Å²) in [5.41, 5.74) is 0.524. The second-order valence-corrected chi connectivity index (χ2v) is 9.78. The molecule has 2 aliphatic carbocycles. The quantitative estimate of drug-likeness (QED) is 0.223. The van der Waals surface area contributed by atoms with Gasteiger partial charge in [0.05, 0.1) is 11.6 Å². The lowest BCUT2D eigenvalue weighted by Gasteiger charge is -2.29. The fraction of sp³-hybridized carbons (Fsp3) is 0.607. The summed E-state index contributed by atoms with van der Waals surface area (Å²) in [5.74, 6) is 2.77. The molecule has 2 fully saturated rings. The number of nitrogens with zero attached hydrogens (tertiary/aromatic N) is 1. The highest BCUT2D eigenvalue weighted by Gasteiger charge is 2.30. The van der Waals surface area contributed by atoms with E-state index in [1.807, 2.05) is 18.2 Å². The minimum Gasteiger partial charge on any atom is -0.193 e. The normalized spacial score (nSPS) is 27.1. The van der Waals surface area contributed by atoms with Crippen molar-refractivity contribution >= 4 is 0 Å². The summed E-state index contributed by atoms with van der Waals surface area (Å²) in [6, 6.07) is 7.84. The van der Waals surface area contributed by atoms with E-state index in [2.05, 4.69) is 6.08 Å². The SMILES string of the molecule is N#C/C=C/C=C/C1CCC(CCCCC2CCC(c3ccc(C(F)(F)F)cc3)CC2)CC1. The summed E-state index contributed by atoms with van der Waals surface area (Å²) in [5, 5.41) is 8.51. The molecule has 0 atom stereocenters. The molecule has 174 valence electrons. The number of alkyl halides is 3. The molecule has 2 saturated carbocycles. The van der Waals surface area contributed by atoms with Gasteiger partial charge in [0.25, 0.3) is 0 Å². The topological polar surface area (TPSA) is 23.8 Å². The van der Waals surface area contributed by atoms with Crippen molar-refractivity contribution in [3.05, 3.63) is 59.7 Å². The first-order valence-corrected chi connectivity index (χ1v) is 12.4. The minimum atomic E-state index is -4.25. The molecule has 0 bridgehead atoms. The van der Waals surface area contributed by atoms with Crippen LogP contribution in [0.5, 0.6) is 0 Å². The number of nitriles is 1. The van der Waals surface area contributed by atoms with Gasteiger partial charge in [0.2, 0.25) is 0 Å². The Kier molecular flexibility index (Phi) is 9.45. The number of halogens is 3. The number of unbranched alkanes of at least 4 members (excludes halogenated alkanes) is 1. The Hall–Kier alpha value is -2.02. The third-order valence-corrected chi connectivity index (χ3v) is 7.59. The number of benzene rings is 1. The number of rotatable bonds is 8. The van der Waals surface area contributed by atoms with Crippen LogP contribution in [-0.4, -0.2) is 0 Å². The van der Waals surface area contributed by atoms with Crippen LogP contribution in [0.4, 0.5) is 13.2 Å². The van der Waals surface area contributed by atoms with Crippen LogP contribution in [0.3, 0.4) is 0 Å². The second-order valence-electron chi connectivity index (χ2n) is 9.78. The Morgan fingerprint density at radius 3 is 1.91 bits per heavy atom. The van der Waals surface area contributed by atoms with E-state index in [9.17, 15) is 13.2 Å². The van der Waals surface area contributed by atoms with Gasteiger partial charge < -0.3 is 0 Å². The second kappa shape index (κ2) is 12.3. The summed E-state index contributed by atoms with van der Waals surface area (Å²) in [6.07, 6.45) is 18.5. The molecule has 0 radical (unpaired) electrons. The van der Waals surface area contributed by atoms with Crippen LogP contribution in [0.25, 0.3) is 0 Å². The molecule has 4 heteroatoms. The molecule has 1 aromatic carbocycles.